The van der Waals surface area contributed by atoms with Crippen LogP contribution in [0.5, 0.6) is 0 Å². The molecule has 1 fully saturated rings. The molecule has 0 bridgehead atoms. The molecule has 1 aromatic heterocycles. The third kappa shape index (κ3) is 3.83. The largest absolute Gasteiger partial charge is 0.370 e. The highest BCUT2D eigenvalue weighted by atomic mass is 32.2. The summed E-state index contributed by atoms with van der Waals surface area (Å²) in [7, 11) is 0. The number of hydrogen-bond donors (Lipinski definition) is 2. The van der Waals surface area contributed by atoms with Gasteiger partial charge in [-0.2, -0.15) is 0 Å². The summed E-state index contributed by atoms with van der Waals surface area (Å²) >= 11 is 1.31. The molecule has 0 radical (unpaired) electrons. The highest BCUT2D eigenvalue weighted by Crippen LogP contribution is 2.27. The molecule has 7 heteroatoms. The highest BCUT2D eigenvalue weighted by molar-refractivity contribution is 7.99. The Hall–Kier alpha value is -2.38. The van der Waals surface area contributed by atoms with Crippen molar-refractivity contribution >= 4 is 34.1 Å². The molecule has 0 aliphatic carbocycles. The first-order valence-electron chi connectivity index (χ1n) is 8.23. The summed E-state index contributed by atoms with van der Waals surface area (Å²) in [6.45, 7) is 0.766. The van der Waals surface area contributed by atoms with Crippen LogP contribution in [0.2, 0.25) is 0 Å². The van der Waals surface area contributed by atoms with Gasteiger partial charge in [-0.15, -0.1) is 5.10 Å². The van der Waals surface area contributed by atoms with Crippen LogP contribution in [-0.2, 0) is 9.53 Å². The second-order valence-corrected chi connectivity index (χ2v) is 6.85. The van der Waals surface area contributed by atoms with Gasteiger partial charge in [0.1, 0.15) is 6.10 Å². The molecule has 2 N–H and O–H groups in total. The second kappa shape index (κ2) is 7.25. The van der Waals surface area contributed by atoms with Crippen molar-refractivity contribution in [1.29, 1.82) is 0 Å². The van der Waals surface area contributed by atoms with Gasteiger partial charge in [0, 0.05) is 12.3 Å². The SMILES string of the molecule is O=C(CSc1n[nH]c([C@@H]2CCCO2)n1)Nc1ccc2ccccc2c1. The zero-order chi connectivity index (χ0) is 17.1. The molecule has 0 unspecified atom stereocenters. The summed E-state index contributed by atoms with van der Waals surface area (Å²) in [5.41, 5.74) is 0.791. The fourth-order valence-electron chi connectivity index (χ4n) is 2.85. The van der Waals surface area contributed by atoms with E-state index >= 15 is 0 Å². The summed E-state index contributed by atoms with van der Waals surface area (Å²) in [5.74, 6) is 0.925. The topological polar surface area (TPSA) is 79.9 Å². The lowest BCUT2D eigenvalue weighted by Crippen LogP contribution is -2.14. The smallest absolute Gasteiger partial charge is 0.234 e. The number of rotatable bonds is 5. The molecule has 0 spiro atoms. The monoisotopic (exact) mass is 354 g/mol. The Kier molecular flexibility index (Phi) is 4.67. The molecular formula is C18H18N4O2S. The van der Waals surface area contributed by atoms with Crippen molar-refractivity contribution in [3.05, 3.63) is 48.3 Å². The fourth-order valence-corrected chi connectivity index (χ4v) is 3.46. The molecule has 6 nitrogen and oxygen atoms in total. The van der Waals surface area contributed by atoms with Gasteiger partial charge < -0.3 is 10.1 Å². The predicted molar refractivity (Wildman–Crippen MR) is 97.6 cm³/mol. The van der Waals surface area contributed by atoms with Gasteiger partial charge in [-0.05, 0) is 35.7 Å². The van der Waals surface area contributed by atoms with Crippen LogP contribution < -0.4 is 5.32 Å². The van der Waals surface area contributed by atoms with Crippen LogP contribution in [0.4, 0.5) is 5.69 Å². The number of carbonyl (C=O) groups is 1. The number of thioether (sulfide) groups is 1. The van der Waals surface area contributed by atoms with Crippen molar-refractivity contribution in [2.75, 3.05) is 17.7 Å². The molecule has 1 saturated heterocycles. The third-order valence-corrected chi connectivity index (χ3v) is 4.93. The van der Waals surface area contributed by atoms with E-state index in [1.54, 1.807) is 0 Å². The molecule has 1 atom stereocenters. The molecule has 128 valence electrons. The number of hydrogen-bond acceptors (Lipinski definition) is 5. The van der Waals surface area contributed by atoms with Gasteiger partial charge in [-0.1, -0.05) is 42.1 Å². The Bertz CT molecular complexity index is 889. The third-order valence-electron chi connectivity index (χ3n) is 4.08. The molecule has 1 aliphatic heterocycles. The van der Waals surface area contributed by atoms with Crippen LogP contribution in [0.25, 0.3) is 10.8 Å². The first-order valence-corrected chi connectivity index (χ1v) is 9.22. The summed E-state index contributed by atoms with van der Waals surface area (Å²) < 4.78 is 5.57. The average Bonchev–Trinajstić information content (AvgIpc) is 3.31. The first-order chi connectivity index (χ1) is 12.3. The number of nitrogens with zero attached hydrogens (tertiary/aromatic N) is 2. The number of nitrogens with one attached hydrogen (secondary N) is 2. The van der Waals surface area contributed by atoms with E-state index in [-0.39, 0.29) is 17.8 Å². The van der Waals surface area contributed by atoms with Gasteiger partial charge in [0.05, 0.1) is 5.75 Å². The van der Waals surface area contributed by atoms with Gasteiger partial charge in [-0.25, -0.2) is 4.98 Å². The Morgan fingerprint density at radius 1 is 1.28 bits per heavy atom. The standard InChI is InChI=1S/C18H18N4O2S/c23-16(19-14-8-7-12-4-1-2-5-13(12)10-14)11-25-18-20-17(21-22-18)15-6-3-9-24-15/h1-2,4-5,7-8,10,15H,3,6,9,11H2,(H,19,23)(H,20,21,22)/t15-/m0/s1. The van der Waals surface area contributed by atoms with Gasteiger partial charge in [0.25, 0.3) is 0 Å². The van der Waals surface area contributed by atoms with E-state index in [0.717, 1.165) is 41.7 Å². The Balaban J connectivity index is 1.34. The zero-order valence-corrected chi connectivity index (χ0v) is 14.4. The molecule has 1 aliphatic rings. The lowest BCUT2D eigenvalue weighted by atomic mass is 10.1. The van der Waals surface area contributed by atoms with E-state index < -0.39 is 0 Å². The lowest BCUT2D eigenvalue weighted by Gasteiger charge is -2.06. The number of aromatic amines is 1. The first kappa shape index (κ1) is 16.1. The normalized spacial score (nSPS) is 17.0. The molecule has 4 rings (SSSR count). The van der Waals surface area contributed by atoms with Gasteiger partial charge in [0.2, 0.25) is 11.1 Å². The van der Waals surface area contributed by atoms with Crippen LogP contribution >= 0.6 is 11.8 Å². The average molecular weight is 354 g/mol. The Morgan fingerprint density at radius 2 is 2.16 bits per heavy atom. The molecule has 25 heavy (non-hydrogen) atoms. The van der Waals surface area contributed by atoms with Gasteiger partial charge >= 0.3 is 0 Å². The van der Waals surface area contributed by atoms with Crippen LogP contribution in [0, 0.1) is 0 Å². The van der Waals surface area contributed by atoms with E-state index in [1.807, 2.05) is 42.5 Å². The molecule has 3 aromatic rings. The van der Waals surface area contributed by atoms with E-state index in [0.29, 0.717) is 5.16 Å². The maximum Gasteiger partial charge on any atom is 0.234 e. The molecule has 2 heterocycles. The summed E-state index contributed by atoms with van der Waals surface area (Å²) in [6, 6.07) is 13.9. The molecule has 2 aromatic carbocycles. The van der Waals surface area contributed by atoms with Crippen molar-refractivity contribution in [1.82, 2.24) is 15.2 Å². The number of fused-ring (bicyclic) bond motifs is 1. The Labute approximate surface area is 149 Å². The van der Waals surface area contributed by atoms with Crippen LogP contribution in [0.15, 0.2) is 47.6 Å². The highest BCUT2D eigenvalue weighted by Gasteiger charge is 2.21. The van der Waals surface area contributed by atoms with Crippen molar-refractivity contribution < 1.29 is 9.53 Å². The fraction of sp³-hybridized carbons (Fsp3) is 0.278. The number of amides is 1. The maximum atomic E-state index is 12.2. The number of ether oxygens (including phenoxy) is 1. The summed E-state index contributed by atoms with van der Waals surface area (Å²) in [4.78, 5) is 16.6. The second-order valence-electron chi connectivity index (χ2n) is 5.90. The number of carbonyl (C=O) groups excluding carboxylic acids is 1. The van der Waals surface area contributed by atoms with E-state index in [1.165, 1.54) is 11.8 Å². The quantitative estimate of drug-likeness (QED) is 0.685. The maximum absolute atomic E-state index is 12.2. The van der Waals surface area contributed by atoms with Crippen LogP contribution in [0.3, 0.4) is 0 Å². The minimum atomic E-state index is -0.0799. The Morgan fingerprint density at radius 3 is 3.00 bits per heavy atom. The summed E-state index contributed by atoms with van der Waals surface area (Å²) in [5, 5.41) is 12.8. The van der Waals surface area contributed by atoms with Crippen molar-refractivity contribution in [3.8, 4) is 0 Å². The lowest BCUT2D eigenvalue weighted by molar-refractivity contribution is -0.113. The number of anilines is 1. The minimum Gasteiger partial charge on any atom is -0.370 e. The van der Waals surface area contributed by atoms with E-state index in [4.69, 9.17) is 4.74 Å². The molecular weight excluding hydrogens is 336 g/mol. The van der Waals surface area contributed by atoms with Crippen molar-refractivity contribution in [2.24, 2.45) is 0 Å². The zero-order valence-electron chi connectivity index (χ0n) is 13.6. The number of benzene rings is 2. The minimum absolute atomic E-state index is 0.00766. The van der Waals surface area contributed by atoms with E-state index in [9.17, 15) is 4.79 Å². The van der Waals surface area contributed by atoms with Crippen molar-refractivity contribution in [2.45, 2.75) is 24.1 Å². The van der Waals surface area contributed by atoms with E-state index in [2.05, 4.69) is 20.5 Å². The summed E-state index contributed by atoms with van der Waals surface area (Å²) in [6.07, 6.45) is 2.01. The number of aromatic nitrogens is 3. The van der Waals surface area contributed by atoms with Gasteiger partial charge in [-0.3, -0.25) is 9.89 Å². The molecule has 1 amide bonds. The van der Waals surface area contributed by atoms with Crippen LogP contribution in [0.1, 0.15) is 24.8 Å². The predicted octanol–water partition coefficient (Wildman–Crippen LogP) is 3.54. The van der Waals surface area contributed by atoms with Crippen molar-refractivity contribution in [3.63, 3.8) is 0 Å². The number of H-pyrrole nitrogens is 1. The molecule has 0 saturated carbocycles. The van der Waals surface area contributed by atoms with Crippen LogP contribution in [-0.4, -0.2) is 33.4 Å². The van der Waals surface area contributed by atoms with Gasteiger partial charge in [0.15, 0.2) is 5.82 Å².